The Labute approximate surface area is 311 Å². The van der Waals surface area contributed by atoms with Gasteiger partial charge in [-0.05, 0) is 54.4 Å². The average Bonchev–Trinajstić information content (AvgIpc) is 3.41. The number of thiophene rings is 1. The zero-order valence-electron chi connectivity index (χ0n) is 31.4. The van der Waals surface area contributed by atoms with Crippen molar-refractivity contribution >= 4 is 51.8 Å². The van der Waals surface area contributed by atoms with Gasteiger partial charge in [0.1, 0.15) is 17.1 Å². The topological polar surface area (TPSA) is 198 Å². The van der Waals surface area contributed by atoms with Crippen molar-refractivity contribution in [2.24, 2.45) is 23.5 Å². The maximum Gasteiger partial charge on any atom is 0.416 e. The molecule has 7 N–H and O–H groups in total. The number of nitrogens with one attached hydrogen (secondary N) is 5. The molecule has 1 heterocycles. The molecule has 0 aliphatic carbocycles. The van der Waals surface area contributed by atoms with Crippen LogP contribution in [0, 0.1) is 24.7 Å². The van der Waals surface area contributed by atoms with E-state index in [2.05, 4.69) is 26.6 Å². The van der Waals surface area contributed by atoms with Crippen molar-refractivity contribution < 1.29 is 46.7 Å². The molecular formula is C36H51F3N6O7S. The summed E-state index contributed by atoms with van der Waals surface area (Å²) in [5.41, 5.74) is 5.59. The van der Waals surface area contributed by atoms with E-state index in [0.29, 0.717) is 5.56 Å². The molecule has 2 rings (SSSR count). The highest BCUT2D eigenvalue weighted by atomic mass is 32.1. The maximum atomic E-state index is 13.3. The lowest BCUT2D eigenvalue weighted by atomic mass is 9.94. The molecule has 0 bridgehead atoms. The first-order valence-electron chi connectivity index (χ1n) is 17.3. The lowest BCUT2D eigenvalue weighted by Gasteiger charge is -2.28. The molecule has 0 aliphatic heterocycles. The fraction of sp³-hybridized carbons (Fsp3) is 0.556. The molecule has 17 heteroatoms. The van der Waals surface area contributed by atoms with Crippen LogP contribution in [0.3, 0.4) is 0 Å². The highest BCUT2D eigenvalue weighted by molar-refractivity contribution is 7.18. The molecule has 294 valence electrons. The molecule has 4 atom stereocenters. The zero-order valence-corrected chi connectivity index (χ0v) is 32.3. The van der Waals surface area contributed by atoms with Gasteiger partial charge in [0.2, 0.25) is 23.6 Å². The van der Waals surface area contributed by atoms with Crippen LogP contribution in [-0.4, -0.2) is 73.8 Å². The predicted molar refractivity (Wildman–Crippen MR) is 195 cm³/mol. The van der Waals surface area contributed by atoms with Crippen LogP contribution in [-0.2, 0) is 30.1 Å². The standard InChI is InChI=1S/C36H51F3N6O7S/c1-10-23(21-11-13-22(14-12-21)36(37,38)39)29(46)45-34-24(35(51)52-9)20(8)28(53-34)33(50)42-16-15-41-31(48)26(18(4)5)44-32(49)27(19(6)7)43-30(47)25(40)17(2)3/h11-14,17-19,23,25-27H,10,15-16,40H2,1-9H3,(H,41,48)(H,42,50)(H,43,47)(H,44,49)(H,45,46). The highest BCUT2D eigenvalue weighted by Crippen LogP contribution is 2.36. The number of halogens is 3. The molecule has 5 amide bonds. The van der Waals surface area contributed by atoms with Crippen molar-refractivity contribution in [3.05, 3.63) is 51.4 Å². The minimum absolute atomic E-state index is 0.0273. The summed E-state index contributed by atoms with van der Waals surface area (Å²) in [7, 11) is 1.14. The molecule has 0 aliphatic rings. The third kappa shape index (κ3) is 12.0. The van der Waals surface area contributed by atoms with Crippen LogP contribution < -0.4 is 32.3 Å². The second-order valence-electron chi connectivity index (χ2n) is 13.6. The SMILES string of the molecule is CCC(C(=O)Nc1sc(C(=O)NCCNC(=O)C(NC(=O)C(NC(=O)C(N)C(C)C)C(C)C)C(C)C)c(C)c1C(=O)OC)c1ccc(C(F)(F)F)cc1. The number of benzene rings is 1. The first kappa shape index (κ1) is 44.7. The number of amides is 5. The monoisotopic (exact) mass is 768 g/mol. The van der Waals surface area contributed by atoms with Gasteiger partial charge in [0.05, 0.1) is 35.1 Å². The molecule has 4 unspecified atom stereocenters. The Morgan fingerprint density at radius 2 is 1.32 bits per heavy atom. The fourth-order valence-corrected chi connectivity index (χ4v) is 6.37. The first-order chi connectivity index (χ1) is 24.7. The summed E-state index contributed by atoms with van der Waals surface area (Å²) in [6.07, 6.45) is -4.30. The summed E-state index contributed by atoms with van der Waals surface area (Å²) in [5.74, 6) is -5.20. The van der Waals surface area contributed by atoms with Crippen LogP contribution in [0.25, 0.3) is 0 Å². The van der Waals surface area contributed by atoms with Crippen LogP contribution in [0.1, 0.15) is 97.5 Å². The number of carbonyl (C=O) groups excluding carboxylic acids is 6. The second-order valence-corrected chi connectivity index (χ2v) is 14.6. The van der Waals surface area contributed by atoms with Gasteiger partial charge in [-0.3, -0.25) is 24.0 Å². The Hall–Kier alpha value is -4.51. The molecule has 0 fully saturated rings. The fourth-order valence-electron chi connectivity index (χ4n) is 5.26. The van der Waals surface area contributed by atoms with Crippen molar-refractivity contribution in [1.29, 1.82) is 0 Å². The Balaban J connectivity index is 2.12. The average molecular weight is 769 g/mol. The molecule has 0 saturated heterocycles. The number of hydrogen-bond acceptors (Lipinski definition) is 9. The minimum atomic E-state index is -4.54. The summed E-state index contributed by atoms with van der Waals surface area (Å²) in [5, 5.41) is 13.4. The quantitative estimate of drug-likeness (QED) is 0.102. The van der Waals surface area contributed by atoms with Crippen LogP contribution in [0.4, 0.5) is 18.2 Å². The van der Waals surface area contributed by atoms with Gasteiger partial charge in [0, 0.05) is 13.1 Å². The van der Waals surface area contributed by atoms with Crippen LogP contribution in [0.2, 0.25) is 0 Å². The molecule has 2 aromatic rings. The van der Waals surface area contributed by atoms with E-state index in [9.17, 15) is 41.9 Å². The zero-order chi connectivity index (χ0) is 40.4. The van der Waals surface area contributed by atoms with Crippen LogP contribution >= 0.6 is 11.3 Å². The smallest absolute Gasteiger partial charge is 0.416 e. The predicted octanol–water partition coefficient (Wildman–Crippen LogP) is 4.11. The summed E-state index contributed by atoms with van der Waals surface area (Å²) < 4.78 is 44.1. The summed E-state index contributed by atoms with van der Waals surface area (Å²) in [6, 6.07) is 1.51. The van der Waals surface area contributed by atoms with Crippen molar-refractivity contribution in [3.8, 4) is 0 Å². The first-order valence-corrected chi connectivity index (χ1v) is 18.1. The number of methoxy groups -OCH3 is 1. The van der Waals surface area contributed by atoms with E-state index in [1.165, 1.54) is 19.1 Å². The third-order valence-electron chi connectivity index (χ3n) is 8.57. The van der Waals surface area contributed by atoms with Crippen molar-refractivity contribution in [1.82, 2.24) is 21.3 Å². The number of carbonyl (C=O) groups is 6. The summed E-state index contributed by atoms with van der Waals surface area (Å²) >= 11 is 0.821. The number of anilines is 1. The highest BCUT2D eigenvalue weighted by Gasteiger charge is 2.33. The molecular weight excluding hydrogens is 717 g/mol. The van der Waals surface area contributed by atoms with Gasteiger partial charge >= 0.3 is 12.1 Å². The van der Waals surface area contributed by atoms with Crippen molar-refractivity contribution in [3.63, 3.8) is 0 Å². The van der Waals surface area contributed by atoms with Gasteiger partial charge in [0.15, 0.2) is 0 Å². The molecule has 0 radical (unpaired) electrons. The van der Waals surface area contributed by atoms with Gasteiger partial charge in [-0.2, -0.15) is 13.2 Å². The number of nitrogens with two attached hydrogens (primary N) is 1. The van der Waals surface area contributed by atoms with Crippen molar-refractivity contribution in [2.45, 2.75) is 92.0 Å². The van der Waals surface area contributed by atoms with E-state index in [1.807, 2.05) is 0 Å². The van der Waals surface area contributed by atoms with E-state index < -0.39 is 71.3 Å². The van der Waals surface area contributed by atoms with E-state index in [1.54, 1.807) is 48.5 Å². The number of ether oxygens (including phenoxy) is 1. The maximum absolute atomic E-state index is 13.3. The number of alkyl halides is 3. The number of hydrogen-bond donors (Lipinski definition) is 6. The van der Waals surface area contributed by atoms with Gasteiger partial charge in [-0.1, -0.05) is 60.6 Å². The number of esters is 1. The second kappa shape index (κ2) is 19.5. The van der Waals surface area contributed by atoms with E-state index >= 15 is 0 Å². The van der Waals surface area contributed by atoms with E-state index in [0.717, 1.165) is 30.6 Å². The molecule has 1 aromatic carbocycles. The third-order valence-corrected chi connectivity index (χ3v) is 9.77. The van der Waals surface area contributed by atoms with Crippen molar-refractivity contribution in [2.75, 3.05) is 25.5 Å². The molecule has 13 nitrogen and oxygen atoms in total. The van der Waals surface area contributed by atoms with Gasteiger partial charge in [-0.25, -0.2) is 4.79 Å². The van der Waals surface area contributed by atoms with Gasteiger partial charge in [-0.15, -0.1) is 11.3 Å². The Morgan fingerprint density at radius 3 is 1.81 bits per heavy atom. The van der Waals surface area contributed by atoms with Gasteiger partial charge < -0.3 is 37.1 Å². The lowest BCUT2D eigenvalue weighted by Crippen LogP contribution is -2.59. The Bertz CT molecular complexity index is 1630. The molecule has 0 saturated carbocycles. The van der Waals surface area contributed by atoms with Crippen LogP contribution in [0.15, 0.2) is 24.3 Å². The normalized spacial score (nSPS) is 13.9. The molecule has 53 heavy (non-hydrogen) atoms. The molecule has 1 aromatic heterocycles. The summed E-state index contributed by atoms with van der Waals surface area (Å²) in [4.78, 5) is 78.2. The van der Waals surface area contributed by atoms with Crippen LogP contribution in [0.5, 0.6) is 0 Å². The number of rotatable bonds is 17. The lowest BCUT2D eigenvalue weighted by molar-refractivity contribution is -0.137. The summed E-state index contributed by atoms with van der Waals surface area (Å²) in [6.45, 7) is 13.7. The largest absolute Gasteiger partial charge is 0.465 e. The minimum Gasteiger partial charge on any atom is -0.465 e. The Morgan fingerprint density at radius 1 is 0.792 bits per heavy atom. The molecule has 0 spiro atoms. The Kier molecular flexibility index (Phi) is 16.5. The van der Waals surface area contributed by atoms with Gasteiger partial charge in [0.25, 0.3) is 5.91 Å². The van der Waals surface area contributed by atoms with E-state index in [-0.39, 0.29) is 58.3 Å². The van der Waals surface area contributed by atoms with E-state index in [4.69, 9.17) is 10.5 Å².